The van der Waals surface area contributed by atoms with E-state index in [-0.39, 0.29) is 5.92 Å². The second-order valence-electron chi connectivity index (χ2n) is 6.79. The molecule has 4 nitrogen and oxygen atoms in total. The molecule has 1 spiro atoms. The number of carbonyl (C=O) groups is 1. The average molecular weight is 305 g/mol. The summed E-state index contributed by atoms with van der Waals surface area (Å²) in [5, 5.41) is 11.0. The molecule has 0 bridgehead atoms. The van der Waals surface area contributed by atoms with Crippen LogP contribution in [0.1, 0.15) is 24.8 Å². The fraction of sp³-hybridized carbons (Fsp3) is 0.688. The predicted octanol–water partition coefficient (Wildman–Crippen LogP) is 1.44. The first-order valence-electron chi connectivity index (χ1n) is 8.01. The lowest BCUT2D eigenvalue weighted by Crippen LogP contribution is -2.53. The number of hydrogen-bond donors (Lipinski definition) is 2. The topological polar surface area (TPSA) is 44.4 Å². The minimum Gasteiger partial charge on any atom is -0.334 e. The predicted molar refractivity (Wildman–Crippen MR) is 84.2 cm³/mol. The third-order valence-corrected chi connectivity index (χ3v) is 6.20. The molecule has 1 aliphatic carbocycles. The van der Waals surface area contributed by atoms with Crippen molar-refractivity contribution in [1.82, 2.24) is 15.5 Å². The summed E-state index contributed by atoms with van der Waals surface area (Å²) < 4.78 is 0. The standard InChI is InChI=1S/C16H23N3OS/c20-15(13-8-18-9-13)19(10-12-1-6-21-11-12)14-7-16(14)2-4-17-5-3-16/h1,6,11,13-14,17-18H,2-5,7-10H2. The second kappa shape index (κ2) is 5.38. The molecule has 3 heterocycles. The van der Waals surface area contributed by atoms with Crippen LogP contribution in [0.15, 0.2) is 16.8 Å². The first-order chi connectivity index (χ1) is 10.3. The number of amides is 1. The molecule has 1 aromatic heterocycles. The minimum absolute atomic E-state index is 0.211. The van der Waals surface area contributed by atoms with Gasteiger partial charge in [0.25, 0.3) is 0 Å². The summed E-state index contributed by atoms with van der Waals surface area (Å²) in [6.07, 6.45) is 3.67. The maximum Gasteiger partial charge on any atom is 0.228 e. The molecule has 3 aliphatic rings. The molecule has 3 fully saturated rings. The Hall–Kier alpha value is -0.910. The lowest BCUT2D eigenvalue weighted by molar-refractivity contribution is -0.139. The highest BCUT2D eigenvalue weighted by molar-refractivity contribution is 7.07. The number of nitrogens with zero attached hydrogens (tertiary/aromatic N) is 1. The molecule has 4 rings (SSSR count). The van der Waals surface area contributed by atoms with E-state index >= 15 is 0 Å². The van der Waals surface area contributed by atoms with Crippen molar-refractivity contribution in [3.05, 3.63) is 22.4 Å². The molecule has 2 aliphatic heterocycles. The zero-order valence-corrected chi connectivity index (χ0v) is 13.1. The minimum atomic E-state index is 0.211. The molecule has 0 aromatic carbocycles. The number of hydrogen-bond acceptors (Lipinski definition) is 4. The van der Waals surface area contributed by atoms with Gasteiger partial charge < -0.3 is 15.5 Å². The number of piperidine rings is 1. The fourth-order valence-electron chi connectivity index (χ4n) is 3.85. The van der Waals surface area contributed by atoms with Crippen LogP contribution in [0.3, 0.4) is 0 Å². The van der Waals surface area contributed by atoms with E-state index in [9.17, 15) is 4.79 Å². The van der Waals surface area contributed by atoms with Gasteiger partial charge in [-0.05, 0) is 60.2 Å². The monoisotopic (exact) mass is 305 g/mol. The molecule has 0 radical (unpaired) electrons. The van der Waals surface area contributed by atoms with Crippen molar-refractivity contribution in [2.75, 3.05) is 26.2 Å². The Morgan fingerprint density at radius 3 is 2.76 bits per heavy atom. The Morgan fingerprint density at radius 2 is 2.14 bits per heavy atom. The highest BCUT2D eigenvalue weighted by atomic mass is 32.1. The maximum atomic E-state index is 12.8. The maximum absolute atomic E-state index is 12.8. The van der Waals surface area contributed by atoms with E-state index in [2.05, 4.69) is 32.4 Å². The summed E-state index contributed by atoms with van der Waals surface area (Å²) in [4.78, 5) is 15.0. The van der Waals surface area contributed by atoms with Crippen molar-refractivity contribution in [2.45, 2.75) is 31.8 Å². The molecular formula is C16H23N3OS. The van der Waals surface area contributed by atoms with Crippen molar-refractivity contribution in [3.8, 4) is 0 Å². The van der Waals surface area contributed by atoms with Crippen molar-refractivity contribution >= 4 is 17.2 Å². The average Bonchev–Trinajstić information content (AvgIpc) is 2.87. The third-order valence-electron chi connectivity index (χ3n) is 5.47. The summed E-state index contributed by atoms with van der Waals surface area (Å²) in [5.74, 6) is 0.586. The number of thiophene rings is 1. The van der Waals surface area contributed by atoms with E-state index in [0.717, 1.165) is 32.7 Å². The van der Waals surface area contributed by atoms with Crippen LogP contribution in [0.5, 0.6) is 0 Å². The van der Waals surface area contributed by atoms with Gasteiger partial charge in [-0.15, -0.1) is 0 Å². The summed E-state index contributed by atoms with van der Waals surface area (Å²) in [6.45, 7) is 4.75. The molecule has 1 amide bonds. The van der Waals surface area contributed by atoms with E-state index in [1.165, 1.54) is 24.8 Å². The number of carbonyl (C=O) groups excluding carboxylic acids is 1. The van der Waals surface area contributed by atoms with Crippen LogP contribution < -0.4 is 10.6 Å². The van der Waals surface area contributed by atoms with Gasteiger partial charge in [-0.25, -0.2) is 0 Å². The summed E-state index contributed by atoms with van der Waals surface area (Å²) >= 11 is 1.72. The Bertz CT molecular complexity index is 506. The molecule has 114 valence electrons. The first-order valence-corrected chi connectivity index (χ1v) is 8.96. The summed E-state index contributed by atoms with van der Waals surface area (Å²) in [6, 6.07) is 2.63. The Morgan fingerprint density at radius 1 is 1.33 bits per heavy atom. The van der Waals surface area contributed by atoms with Crippen molar-refractivity contribution in [2.24, 2.45) is 11.3 Å². The van der Waals surface area contributed by atoms with E-state index in [0.29, 0.717) is 17.4 Å². The van der Waals surface area contributed by atoms with Gasteiger partial charge >= 0.3 is 0 Å². The van der Waals surface area contributed by atoms with Gasteiger partial charge in [0.1, 0.15) is 0 Å². The molecule has 2 N–H and O–H groups in total. The third kappa shape index (κ3) is 2.51. The quantitative estimate of drug-likeness (QED) is 0.885. The van der Waals surface area contributed by atoms with Crippen molar-refractivity contribution in [3.63, 3.8) is 0 Å². The van der Waals surface area contributed by atoms with E-state index < -0.39 is 0 Å². The van der Waals surface area contributed by atoms with Gasteiger partial charge in [0.05, 0.1) is 5.92 Å². The molecular weight excluding hydrogens is 282 g/mol. The van der Waals surface area contributed by atoms with Crippen molar-refractivity contribution in [1.29, 1.82) is 0 Å². The Balaban J connectivity index is 1.51. The smallest absolute Gasteiger partial charge is 0.228 e. The lowest BCUT2D eigenvalue weighted by Gasteiger charge is -2.35. The van der Waals surface area contributed by atoms with E-state index in [1.54, 1.807) is 11.3 Å². The van der Waals surface area contributed by atoms with Crippen LogP contribution in [0.4, 0.5) is 0 Å². The van der Waals surface area contributed by atoms with E-state index in [1.807, 2.05) is 0 Å². The highest BCUT2D eigenvalue weighted by Crippen LogP contribution is 2.56. The van der Waals surface area contributed by atoms with E-state index in [4.69, 9.17) is 0 Å². The molecule has 1 unspecified atom stereocenters. The van der Waals surface area contributed by atoms with Crippen LogP contribution in [-0.2, 0) is 11.3 Å². The van der Waals surface area contributed by atoms with Gasteiger partial charge in [0.2, 0.25) is 5.91 Å². The molecule has 1 atom stereocenters. The van der Waals surface area contributed by atoms with Crippen LogP contribution >= 0.6 is 11.3 Å². The Labute approximate surface area is 129 Å². The van der Waals surface area contributed by atoms with Gasteiger partial charge in [0.15, 0.2) is 0 Å². The van der Waals surface area contributed by atoms with Crippen molar-refractivity contribution < 1.29 is 4.79 Å². The fourth-order valence-corrected chi connectivity index (χ4v) is 4.51. The van der Waals surface area contributed by atoms with Crippen LogP contribution in [0.2, 0.25) is 0 Å². The highest BCUT2D eigenvalue weighted by Gasteiger charge is 2.58. The van der Waals surface area contributed by atoms with Crippen LogP contribution in [0.25, 0.3) is 0 Å². The Kier molecular flexibility index (Phi) is 3.52. The zero-order valence-electron chi connectivity index (χ0n) is 12.3. The molecule has 1 aromatic rings. The molecule has 21 heavy (non-hydrogen) atoms. The van der Waals surface area contributed by atoms with Crippen LogP contribution in [0, 0.1) is 11.3 Å². The van der Waals surface area contributed by atoms with Gasteiger partial charge in [0, 0.05) is 25.7 Å². The zero-order chi connectivity index (χ0) is 14.3. The normalized spacial score (nSPS) is 27.3. The number of rotatable bonds is 4. The summed E-state index contributed by atoms with van der Waals surface area (Å²) in [7, 11) is 0. The molecule has 5 heteroatoms. The second-order valence-corrected chi connectivity index (χ2v) is 7.57. The molecule has 2 saturated heterocycles. The largest absolute Gasteiger partial charge is 0.334 e. The lowest BCUT2D eigenvalue weighted by atomic mass is 9.93. The van der Waals surface area contributed by atoms with Gasteiger partial charge in [-0.3, -0.25) is 4.79 Å². The van der Waals surface area contributed by atoms with Gasteiger partial charge in [-0.1, -0.05) is 0 Å². The van der Waals surface area contributed by atoms with Gasteiger partial charge in [-0.2, -0.15) is 11.3 Å². The molecule has 1 saturated carbocycles. The SMILES string of the molecule is O=C(C1CNC1)N(Cc1ccsc1)C1CC12CCNCC2. The summed E-state index contributed by atoms with van der Waals surface area (Å²) in [5.41, 5.74) is 1.71. The van der Waals surface area contributed by atoms with Crippen LogP contribution in [-0.4, -0.2) is 43.0 Å². The first kappa shape index (κ1) is 13.7. The number of nitrogens with one attached hydrogen (secondary N) is 2.